The van der Waals surface area contributed by atoms with Crippen LogP contribution >= 0.6 is 0 Å². The van der Waals surface area contributed by atoms with E-state index in [0.717, 1.165) is 0 Å². The van der Waals surface area contributed by atoms with Gasteiger partial charge in [-0.3, -0.25) is 0 Å². The molecule has 0 fully saturated rings. The minimum absolute atomic E-state index is 1.23. The molecule has 0 spiro atoms. The lowest BCUT2D eigenvalue weighted by Crippen LogP contribution is -2.30. The molecule has 0 radical (unpaired) electrons. The molecule has 1 aromatic heterocycles. The third-order valence-electron chi connectivity index (χ3n) is 5.65. The number of aromatic nitrogens is 1. The van der Waals surface area contributed by atoms with Gasteiger partial charge in [0.05, 0.1) is 0 Å². The lowest BCUT2D eigenvalue weighted by molar-refractivity contribution is -0.660. The van der Waals surface area contributed by atoms with Crippen molar-refractivity contribution in [3.05, 3.63) is 103 Å². The maximum Gasteiger partial charge on any atom is 0.212 e. The Bertz CT molecular complexity index is 1330. The minimum atomic E-state index is 1.23. The first-order valence-corrected chi connectivity index (χ1v) is 9.69. The predicted molar refractivity (Wildman–Crippen MR) is 118 cm³/mol. The molecule has 0 amide bonds. The van der Waals surface area contributed by atoms with Gasteiger partial charge in [0, 0.05) is 17.7 Å². The van der Waals surface area contributed by atoms with Gasteiger partial charge in [-0.15, -0.1) is 0 Å². The van der Waals surface area contributed by atoms with Crippen LogP contribution in [-0.4, -0.2) is 0 Å². The Morgan fingerprint density at radius 1 is 0.607 bits per heavy atom. The molecule has 1 heterocycles. The van der Waals surface area contributed by atoms with Gasteiger partial charge in [-0.05, 0) is 57.3 Å². The molecule has 0 unspecified atom stereocenters. The first kappa shape index (κ1) is 16.7. The summed E-state index contributed by atoms with van der Waals surface area (Å²) in [5.74, 6) is 0. The van der Waals surface area contributed by atoms with Crippen LogP contribution in [0.2, 0.25) is 0 Å². The van der Waals surface area contributed by atoms with Crippen LogP contribution in [0.1, 0.15) is 5.56 Å². The van der Waals surface area contributed by atoms with Gasteiger partial charge in [0.15, 0.2) is 6.20 Å². The fraction of sp³-hybridized carbons (Fsp3) is 0.0741. The van der Waals surface area contributed by atoms with Crippen LogP contribution in [0, 0.1) is 6.92 Å². The molecule has 4 aromatic carbocycles. The van der Waals surface area contributed by atoms with E-state index in [1.165, 1.54) is 49.5 Å². The van der Waals surface area contributed by atoms with Crippen molar-refractivity contribution in [1.82, 2.24) is 0 Å². The van der Waals surface area contributed by atoms with E-state index in [1.807, 2.05) is 0 Å². The van der Waals surface area contributed by atoms with E-state index in [9.17, 15) is 0 Å². The van der Waals surface area contributed by atoms with Crippen molar-refractivity contribution in [1.29, 1.82) is 0 Å². The maximum absolute atomic E-state index is 2.31. The number of pyridine rings is 1. The molecule has 0 atom stereocenters. The predicted octanol–water partition coefficient (Wildman–Crippen LogP) is 6.46. The van der Waals surface area contributed by atoms with Crippen molar-refractivity contribution >= 4 is 21.5 Å². The normalized spacial score (nSPS) is 11.2. The molecule has 5 rings (SSSR count). The molecule has 5 aromatic rings. The SMILES string of the molecule is Cc1cc(-c2cccc3c2ccc2ccccc23)ccc1-c1cccc[n+]1C. The third kappa shape index (κ3) is 2.68. The van der Waals surface area contributed by atoms with Crippen molar-refractivity contribution in [2.45, 2.75) is 6.92 Å². The summed E-state index contributed by atoms with van der Waals surface area (Å²) >= 11 is 0. The number of nitrogens with zero attached hydrogens (tertiary/aromatic N) is 1. The van der Waals surface area contributed by atoms with Gasteiger partial charge >= 0.3 is 0 Å². The molecule has 0 bridgehead atoms. The summed E-state index contributed by atoms with van der Waals surface area (Å²) in [4.78, 5) is 0. The van der Waals surface area contributed by atoms with Crippen LogP contribution in [0.5, 0.6) is 0 Å². The average Bonchev–Trinajstić information content (AvgIpc) is 2.74. The summed E-state index contributed by atoms with van der Waals surface area (Å²) in [5, 5.41) is 5.21. The molecule has 0 aliphatic rings. The Balaban J connectivity index is 1.70. The van der Waals surface area contributed by atoms with E-state index in [4.69, 9.17) is 0 Å². The van der Waals surface area contributed by atoms with Gasteiger partial charge in [-0.1, -0.05) is 66.7 Å². The number of aryl methyl sites for hydroxylation is 2. The average molecular weight is 360 g/mol. The second-order valence-corrected chi connectivity index (χ2v) is 7.41. The first-order chi connectivity index (χ1) is 13.7. The number of hydrogen-bond donors (Lipinski definition) is 0. The van der Waals surface area contributed by atoms with Gasteiger partial charge in [0.1, 0.15) is 7.05 Å². The quantitative estimate of drug-likeness (QED) is 0.251. The molecule has 28 heavy (non-hydrogen) atoms. The Morgan fingerprint density at radius 3 is 2.29 bits per heavy atom. The second kappa shape index (κ2) is 6.61. The molecular weight excluding hydrogens is 338 g/mol. The molecule has 0 aliphatic heterocycles. The summed E-state index contributed by atoms with van der Waals surface area (Å²) in [6.45, 7) is 2.20. The number of rotatable bonds is 2. The summed E-state index contributed by atoms with van der Waals surface area (Å²) in [6, 6.07) is 32.9. The standard InChI is InChI=1S/C27H22N/c1-19-18-21(14-15-22(19)27-12-5-6-17-28(27)2)24-10-7-11-25-23-9-4-3-8-20(23)13-16-26(24)25/h3-18H,1-2H3/q+1. The van der Waals surface area contributed by atoms with Crippen LogP contribution in [0.4, 0.5) is 0 Å². The van der Waals surface area contributed by atoms with Crippen molar-refractivity contribution in [2.24, 2.45) is 7.05 Å². The van der Waals surface area contributed by atoms with E-state index in [1.54, 1.807) is 0 Å². The van der Waals surface area contributed by atoms with Gasteiger partial charge in [0.25, 0.3) is 0 Å². The van der Waals surface area contributed by atoms with Gasteiger partial charge in [-0.25, -0.2) is 4.57 Å². The van der Waals surface area contributed by atoms with E-state index in [2.05, 4.69) is 116 Å². The molecule has 0 N–H and O–H groups in total. The maximum atomic E-state index is 2.31. The van der Waals surface area contributed by atoms with Crippen LogP contribution < -0.4 is 4.57 Å². The van der Waals surface area contributed by atoms with Crippen LogP contribution in [0.25, 0.3) is 43.9 Å². The monoisotopic (exact) mass is 360 g/mol. The van der Waals surface area contributed by atoms with E-state index >= 15 is 0 Å². The summed E-state index contributed by atoms with van der Waals surface area (Å²) in [5.41, 5.74) is 6.35. The van der Waals surface area contributed by atoms with Crippen LogP contribution in [-0.2, 0) is 7.05 Å². The minimum Gasteiger partial charge on any atom is -0.201 e. The van der Waals surface area contributed by atoms with Gasteiger partial charge < -0.3 is 0 Å². The van der Waals surface area contributed by atoms with Gasteiger partial charge in [-0.2, -0.15) is 0 Å². The lowest BCUT2D eigenvalue weighted by Gasteiger charge is -2.12. The summed E-state index contributed by atoms with van der Waals surface area (Å²) in [7, 11) is 2.10. The zero-order valence-electron chi connectivity index (χ0n) is 16.2. The first-order valence-electron chi connectivity index (χ1n) is 9.69. The Kier molecular flexibility index (Phi) is 3.95. The fourth-order valence-corrected chi connectivity index (χ4v) is 4.21. The second-order valence-electron chi connectivity index (χ2n) is 7.41. The fourth-order valence-electron chi connectivity index (χ4n) is 4.21. The van der Waals surface area contributed by atoms with Crippen LogP contribution in [0.15, 0.2) is 97.2 Å². The number of hydrogen-bond acceptors (Lipinski definition) is 0. The highest BCUT2D eigenvalue weighted by Crippen LogP contribution is 2.34. The molecule has 0 saturated carbocycles. The van der Waals surface area contributed by atoms with Crippen molar-refractivity contribution in [3.8, 4) is 22.4 Å². The summed E-state index contributed by atoms with van der Waals surface area (Å²) < 4.78 is 2.17. The van der Waals surface area contributed by atoms with Crippen LogP contribution in [0.3, 0.4) is 0 Å². The lowest BCUT2D eigenvalue weighted by atomic mass is 9.92. The van der Waals surface area contributed by atoms with Crippen molar-refractivity contribution < 1.29 is 4.57 Å². The highest BCUT2D eigenvalue weighted by molar-refractivity contribution is 6.12. The molecular formula is C27H22N+. The highest BCUT2D eigenvalue weighted by Gasteiger charge is 2.13. The Morgan fingerprint density at radius 2 is 1.43 bits per heavy atom. The number of benzene rings is 4. The Hall–Kier alpha value is -3.45. The van der Waals surface area contributed by atoms with E-state index in [0.29, 0.717) is 0 Å². The zero-order chi connectivity index (χ0) is 19.1. The molecule has 0 saturated heterocycles. The molecule has 0 aliphatic carbocycles. The topological polar surface area (TPSA) is 3.88 Å². The molecule has 1 nitrogen and oxygen atoms in total. The Labute approximate surface area is 165 Å². The zero-order valence-corrected chi connectivity index (χ0v) is 16.2. The third-order valence-corrected chi connectivity index (χ3v) is 5.65. The van der Waals surface area contributed by atoms with Crippen molar-refractivity contribution in [2.75, 3.05) is 0 Å². The highest BCUT2D eigenvalue weighted by atomic mass is 14.9. The molecule has 1 heteroatoms. The summed E-state index contributed by atoms with van der Waals surface area (Å²) in [6.07, 6.45) is 2.10. The van der Waals surface area contributed by atoms with Crippen molar-refractivity contribution in [3.63, 3.8) is 0 Å². The molecule has 134 valence electrons. The van der Waals surface area contributed by atoms with E-state index in [-0.39, 0.29) is 0 Å². The van der Waals surface area contributed by atoms with E-state index < -0.39 is 0 Å². The van der Waals surface area contributed by atoms with Gasteiger partial charge in [0.2, 0.25) is 5.69 Å². The smallest absolute Gasteiger partial charge is 0.201 e. The number of fused-ring (bicyclic) bond motifs is 3. The largest absolute Gasteiger partial charge is 0.212 e.